The Morgan fingerprint density at radius 1 is 1.21 bits per heavy atom. The van der Waals surface area contributed by atoms with E-state index in [1.807, 2.05) is 19.1 Å². The third kappa shape index (κ3) is 4.06. The van der Waals surface area contributed by atoms with E-state index in [1.165, 1.54) is 6.42 Å². The van der Waals surface area contributed by atoms with Crippen LogP contribution in [0.25, 0.3) is 0 Å². The number of piperazine rings is 1. The minimum absolute atomic E-state index is 0.0695. The summed E-state index contributed by atoms with van der Waals surface area (Å²) in [6.07, 6.45) is 4.56. The van der Waals surface area contributed by atoms with E-state index in [4.69, 9.17) is 4.74 Å². The van der Waals surface area contributed by atoms with Crippen molar-refractivity contribution in [1.82, 2.24) is 10.6 Å². The zero-order valence-corrected chi connectivity index (χ0v) is 14.0. The zero-order chi connectivity index (χ0) is 16.9. The van der Waals surface area contributed by atoms with Crippen LogP contribution in [-0.4, -0.2) is 36.5 Å². The molecule has 0 unspecified atom stereocenters. The van der Waals surface area contributed by atoms with Gasteiger partial charge >= 0.3 is 0 Å². The van der Waals surface area contributed by atoms with E-state index in [0.717, 1.165) is 25.0 Å². The standard InChI is InChI=1S/C18H25N3O3/c1-2-24-13-9-7-12(8-10-13)19-17(22)11-16-18(23)21-15-6-4-3-5-14(15)20-16/h7-10,14-16,20H,2-6,11H2,1H3,(H,19,22)(H,21,23)/t14-,15+,16+/m0/s1. The zero-order valence-electron chi connectivity index (χ0n) is 14.0. The number of anilines is 1. The van der Waals surface area contributed by atoms with Crippen LogP contribution in [0.2, 0.25) is 0 Å². The van der Waals surface area contributed by atoms with Crippen LogP contribution in [0, 0.1) is 0 Å². The fourth-order valence-corrected chi connectivity index (χ4v) is 3.47. The Balaban J connectivity index is 1.53. The summed E-state index contributed by atoms with van der Waals surface area (Å²) in [4.78, 5) is 24.4. The van der Waals surface area contributed by atoms with Crippen molar-refractivity contribution in [2.75, 3.05) is 11.9 Å². The van der Waals surface area contributed by atoms with Crippen LogP contribution in [0.15, 0.2) is 24.3 Å². The van der Waals surface area contributed by atoms with Crippen molar-refractivity contribution >= 4 is 17.5 Å². The highest BCUT2D eigenvalue weighted by molar-refractivity contribution is 5.95. The molecule has 1 heterocycles. The monoisotopic (exact) mass is 331 g/mol. The van der Waals surface area contributed by atoms with Gasteiger partial charge in [-0.2, -0.15) is 0 Å². The molecule has 6 heteroatoms. The fourth-order valence-electron chi connectivity index (χ4n) is 3.47. The Morgan fingerprint density at radius 2 is 1.92 bits per heavy atom. The minimum Gasteiger partial charge on any atom is -0.494 e. The molecule has 130 valence electrons. The molecular formula is C18H25N3O3. The SMILES string of the molecule is CCOc1ccc(NC(=O)C[C@H]2N[C@H]3CCCC[C@H]3NC2=O)cc1. The first-order valence-electron chi connectivity index (χ1n) is 8.75. The topological polar surface area (TPSA) is 79.5 Å². The highest BCUT2D eigenvalue weighted by Crippen LogP contribution is 2.22. The predicted octanol–water partition coefficient (Wildman–Crippen LogP) is 1.81. The lowest BCUT2D eigenvalue weighted by Crippen LogP contribution is -2.65. The number of hydrogen-bond acceptors (Lipinski definition) is 4. The molecular weight excluding hydrogens is 306 g/mol. The molecule has 1 saturated carbocycles. The van der Waals surface area contributed by atoms with E-state index >= 15 is 0 Å². The molecule has 1 aliphatic carbocycles. The Kier molecular flexibility index (Phi) is 5.35. The first-order chi connectivity index (χ1) is 11.7. The number of benzene rings is 1. The van der Waals surface area contributed by atoms with E-state index in [-0.39, 0.29) is 24.3 Å². The fraction of sp³-hybridized carbons (Fsp3) is 0.556. The highest BCUT2D eigenvalue weighted by atomic mass is 16.5. The number of rotatable bonds is 5. The Labute approximate surface area is 142 Å². The van der Waals surface area contributed by atoms with Gasteiger partial charge in [0.25, 0.3) is 0 Å². The van der Waals surface area contributed by atoms with Crippen molar-refractivity contribution in [3.05, 3.63) is 24.3 Å². The van der Waals surface area contributed by atoms with Gasteiger partial charge in [-0.1, -0.05) is 12.8 Å². The highest BCUT2D eigenvalue weighted by Gasteiger charge is 2.36. The van der Waals surface area contributed by atoms with Gasteiger partial charge in [0.2, 0.25) is 11.8 Å². The number of nitrogens with one attached hydrogen (secondary N) is 3. The lowest BCUT2D eigenvalue weighted by Gasteiger charge is -2.40. The third-order valence-corrected chi connectivity index (χ3v) is 4.66. The van der Waals surface area contributed by atoms with Crippen LogP contribution in [-0.2, 0) is 9.59 Å². The van der Waals surface area contributed by atoms with Gasteiger partial charge in [0.05, 0.1) is 19.1 Å². The van der Waals surface area contributed by atoms with Gasteiger partial charge in [-0.15, -0.1) is 0 Å². The molecule has 0 radical (unpaired) electrons. The lowest BCUT2D eigenvalue weighted by molar-refractivity contribution is -0.129. The lowest BCUT2D eigenvalue weighted by atomic mass is 9.87. The molecule has 2 aliphatic rings. The number of fused-ring (bicyclic) bond motifs is 1. The Bertz CT molecular complexity index is 588. The molecule has 3 atom stereocenters. The maximum absolute atomic E-state index is 12.2. The van der Waals surface area contributed by atoms with Crippen LogP contribution in [0.5, 0.6) is 5.75 Å². The molecule has 1 aromatic rings. The molecule has 1 aliphatic heterocycles. The molecule has 0 bridgehead atoms. The van der Waals surface area contributed by atoms with Gasteiger partial charge in [-0.25, -0.2) is 0 Å². The first-order valence-corrected chi connectivity index (χ1v) is 8.75. The van der Waals surface area contributed by atoms with Crippen LogP contribution < -0.4 is 20.7 Å². The maximum Gasteiger partial charge on any atom is 0.237 e. The summed E-state index contributed by atoms with van der Waals surface area (Å²) in [5.41, 5.74) is 0.704. The van der Waals surface area contributed by atoms with E-state index < -0.39 is 6.04 Å². The van der Waals surface area contributed by atoms with E-state index in [2.05, 4.69) is 16.0 Å². The number of ether oxygens (including phenoxy) is 1. The first kappa shape index (κ1) is 16.8. The average molecular weight is 331 g/mol. The second-order valence-corrected chi connectivity index (χ2v) is 6.43. The van der Waals surface area contributed by atoms with Gasteiger partial charge in [-0.3, -0.25) is 9.59 Å². The van der Waals surface area contributed by atoms with Gasteiger partial charge in [-0.05, 0) is 44.0 Å². The van der Waals surface area contributed by atoms with Crippen molar-refractivity contribution in [2.24, 2.45) is 0 Å². The number of carbonyl (C=O) groups excluding carboxylic acids is 2. The van der Waals surface area contributed by atoms with Crippen molar-refractivity contribution in [2.45, 2.75) is 57.2 Å². The van der Waals surface area contributed by atoms with E-state index in [0.29, 0.717) is 18.3 Å². The number of amides is 2. The summed E-state index contributed by atoms with van der Waals surface area (Å²) >= 11 is 0. The summed E-state index contributed by atoms with van der Waals surface area (Å²) in [7, 11) is 0. The van der Waals surface area contributed by atoms with Crippen molar-refractivity contribution < 1.29 is 14.3 Å². The van der Waals surface area contributed by atoms with Crippen molar-refractivity contribution in [1.29, 1.82) is 0 Å². The Hall–Kier alpha value is -2.08. The second kappa shape index (κ2) is 7.66. The normalized spacial score (nSPS) is 26.2. The summed E-state index contributed by atoms with van der Waals surface area (Å²) in [6, 6.07) is 7.29. The Morgan fingerprint density at radius 3 is 2.62 bits per heavy atom. The number of hydrogen-bond donors (Lipinski definition) is 3. The predicted molar refractivity (Wildman–Crippen MR) is 92.0 cm³/mol. The van der Waals surface area contributed by atoms with Gasteiger partial charge in [0.15, 0.2) is 0 Å². The molecule has 0 aromatic heterocycles. The molecule has 6 nitrogen and oxygen atoms in total. The van der Waals surface area contributed by atoms with Crippen LogP contribution in [0.4, 0.5) is 5.69 Å². The molecule has 2 fully saturated rings. The summed E-state index contributed by atoms with van der Waals surface area (Å²) in [6.45, 7) is 2.53. The largest absolute Gasteiger partial charge is 0.494 e. The maximum atomic E-state index is 12.2. The minimum atomic E-state index is -0.452. The summed E-state index contributed by atoms with van der Waals surface area (Å²) in [5, 5.41) is 9.25. The number of carbonyl (C=O) groups is 2. The van der Waals surface area contributed by atoms with Crippen molar-refractivity contribution in [3.63, 3.8) is 0 Å². The van der Waals surface area contributed by atoms with Crippen LogP contribution in [0.1, 0.15) is 39.0 Å². The van der Waals surface area contributed by atoms with Crippen molar-refractivity contribution in [3.8, 4) is 5.75 Å². The second-order valence-electron chi connectivity index (χ2n) is 6.43. The van der Waals surface area contributed by atoms with Crippen LogP contribution >= 0.6 is 0 Å². The molecule has 2 amide bonds. The molecule has 3 N–H and O–H groups in total. The molecule has 1 saturated heterocycles. The van der Waals surface area contributed by atoms with Crippen LogP contribution in [0.3, 0.4) is 0 Å². The van der Waals surface area contributed by atoms with E-state index in [9.17, 15) is 9.59 Å². The van der Waals surface area contributed by atoms with Gasteiger partial charge < -0.3 is 20.7 Å². The smallest absolute Gasteiger partial charge is 0.237 e. The average Bonchev–Trinajstić information content (AvgIpc) is 2.57. The molecule has 0 spiro atoms. The quantitative estimate of drug-likeness (QED) is 0.769. The summed E-state index contributed by atoms with van der Waals surface area (Å²) < 4.78 is 5.38. The third-order valence-electron chi connectivity index (χ3n) is 4.66. The molecule has 1 aromatic carbocycles. The van der Waals surface area contributed by atoms with Gasteiger partial charge in [0.1, 0.15) is 5.75 Å². The molecule has 3 rings (SSSR count). The molecule has 24 heavy (non-hydrogen) atoms. The summed E-state index contributed by atoms with van der Waals surface area (Å²) in [5.74, 6) is 0.535. The van der Waals surface area contributed by atoms with Gasteiger partial charge in [0, 0.05) is 17.8 Å². The van der Waals surface area contributed by atoms with E-state index in [1.54, 1.807) is 12.1 Å².